The molecule has 1 rings (SSSR count). The summed E-state index contributed by atoms with van der Waals surface area (Å²) in [6, 6.07) is 6.10. The average Bonchev–Trinajstić information content (AvgIpc) is 2.30. The quantitative estimate of drug-likeness (QED) is 0.700. The van der Waals surface area contributed by atoms with Gasteiger partial charge in [-0.2, -0.15) is 0 Å². The van der Waals surface area contributed by atoms with Crippen LogP contribution in [0.25, 0.3) is 0 Å². The van der Waals surface area contributed by atoms with Crippen LogP contribution in [0.2, 0.25) is 0 Å². The molecule has 0 aromatic heterocycles. The second-order valence-corrected chi connectivity index (χ2v) is 4.21. The summed E-state index contributed by atoms with van der Waals surface area (Å²) >= 11 is 0. The van der Waals surface area contributed by atoms with Crippen molar-refractivity contribution in [3.63, 3.8) is 0 Å². The summed E-state index contributed by atoms with van der Waals surface area (Å²) in [5.41, 5.74) is 3.16. The van der Waals surface area contributed by atoms with Crippen LogP contribution in [0.5, 0.6) is 0 Å². The van der Waals surface area contributed by atoms with E-state index in [-0.39, 0.29) is 5.97 Å². The Bertz CT molecular complexity index is 369. The van der Waals surface area contributed by atoms with Gasteiger partial charge in [0.25, 0.3) is 0 Å². The van der Waals surface area contributed by atoms with Gasteiger partial charge in [0.1, 0.15) is 0 Å². The Balaban J connectivity index is 2.98. The molecule has 0 saturated heterocycles. The number of hydrogen-bond acceptors (Lipinski definition) is 2. The summed E-state index contributed by atoms with van der Waals surface area (Å²) in [6.07, 6.45) is 4.18. The molecule has 0 saturated carbocycles. The monoisotopic (exact) mass is 234 g/mol. The standard InChI is InChI=1S/C15H22O2/c1-4-7-12-9-10-14(15(16)17-6-3)13(11-12)8-5-2/h9-11H,4-8H2,1-3H3. The van der Waals surface area contributed by atoms with Gasteiger partial charge in [0.15, 0.2) is 0 Å². The first-order valence-corrected chi connectivity index (χ1v) is 6.51. The fraction of sp³-hybridized carbons (Fsp3) is 0.533. The molecule has 2 nitrogen and oxygen atoms in total. The van der Waals surface area contributed by atoms with Crippen LogP contribution in [0.4, 0.5) is 0 Å². The second-order valence-electron chi connectivity index (χ2n) is 4.21. The summed E-state index contributed by atoms with van der Waals surface area (Å²) < 4.78 is 5.08. The summed E-state index contributed by atoms with van der Waals surface area (Å²) in [4.78, 5) is 11.8. The Morgan fingerprint density at radius 2 is 1.82 bits per heavy atom. The van der Waals surface area contributed by atoms with Crippen LogP contribution in [0.15, 0.2) is 18.2 Å². The number of aryl methyl sites for hydroxylation is 2. The highest BCUT2D eigenvalue weighted by Crippen LogP contribution is 2.16. The molecular formula is C15H22O2. The lowest BCUT2D eigenvalue weighted by atomic mass is 9.98. The van der Waals surface area contributed by atoms with E-state index in [1.54, 1.807) is 0 Å². The zero-order valence-corrected chi connectivity index (χ0v) is 11.1. The Labute approximate surface area is 104 Å². The van der Waals surface area contributed by atoms with Crippen LogP contribution in [-0.4, -0.2) is 12.6 Å². The van der Waals surface area contributed by atoms with Gasteiger partial charge < -0.3 is 4.74 Å². The number of esters is 1. The zero-order chi connectivity index (χ0) is 12.7. The van der Waals surface area contributed by atoms with Crippen LogP contribution in [0, 0.1) is 0 Å². The molecule has 0 heterocycles. The Kier molecular flexibility index (Phi) is 5.75. The number of benzene rings is 1. The minimum absolute atomic E-state index is 0.195. The third kappa shape index (κ3) is 3.88. The summed E-state index contributed by atoms with van der Waals surface area (Å²) in [7, 11) is 0. The van der Waals surface area contributed by atoms with E-state index in [0.717, 1.165) is 36.8 Å². The van der Waals surface area contributed by atoms with E-state index in [1.807, 2.05) is 19.1 Å². The van der Waals surface area contributed by atoms with Crippen LogP contribution in [0.1, 0.15) is 55.1 Å². The maximum absolute atomic E-state index is 11.8. The smallest absolute Gasteiger partial charge is 0.338 e. The Hall–Kier alpha value is -1.31. The van der Waals surface area contributed by atoms with Gasteiger partial charge in [0.2, 0.25) is 0 Å². The molecule has 0 unspecified atom stereocenters. The fourth-order valence-electron chi connectivity index (χ4n) is 1.98. The highest BCUT2D eigenvalue weighted by molar-refractivity contribution is 5.91. The molecule has 0 N–H and O–H groups in total. The van der Waals surface area contributed by atoms with Crippen molar-refractivity contribution < 1.29 is 9.53 Å². The second kappa shape index (κ2) is 7.10. The van der Waals surface area contributed by atoms with Gasteiger partial charge in [-0.05, 0) is 37.0 Å². The highest BCUT2D eigenvalue weighted by atomic mass is 16.5. The predicted octanol–water partition coefficient (Wildman–Crippen LogP) is 3.77. The first-order valence-electron chi connectivity index (χ1n) is 6.51. The molecule has 0 radical (unpaired) electrons. The van der Waals surface area contributed by atoms with Crippen molar-refractivity contribution >= 4 is 5.97 Å². The number of ether oxygens (including phenoxy) is 1. The van der Waals surface area contributed by atoms with Crippen molar-refractivity contribution in [2.75, 3.05) is 6.61 Å². The molecule has 0 aliphatic heterocycles. The SMILES string of the molecule is CCCc1ccc(C(=O)OCC)c(CCC)c1. The van der Waals surface area contributed by atoms with E-state index < -0.39 is 0 Å². The van der Waals surface area contributed by atoms with Gasteiger partial charge in [0.05, 0.1) is 12.2 Å². The molecule has 1 aromatic rings. The molecule has 0 amide bonds. The van der Waals surface area contributed by atoms with E-state index in [2.05, 4.69) is 19.9 Å². The van der Waals surface area contributed by atoms with E-state index in [4.69, 9.17) is 4.74 Å². The molecule has 0 spiro atoms. The molecule has 0 aliphatic rings. The molecule has 94 valence electrons. The maximum atomic E-state index is 11.8. The molecule has 0 atom stereocenters. The Morgan fingerprint density at radius 1 is 1.12 bits per heavy atom. The highest BCUT2D eigenvalue weighted by Gasteiger charge is 2.12. The van der Waals surface area contributed by atoms with E-state index in [9.17, 15) is 4.79 Å². The van der Waals surface area contributed by atoms with Crippen LogP contribution >= 0.6 is 0 Å². The third-order valence-corrected chi connectivity index (χ3v) is 2.72. The van der Waals surface area contributed by atoms with Crippen molar-refractivity contribution in [3.05, 3.63) is 34.9 Å². The van der Waals surface area contributed by atoms with Crippen molar-refractivity contribution in [2.24, 2.45) is 0 Å². The van der Waals surface area contributed by atoms with Crippen molar-refractivity contribution in [1.82, 2.24) is 0 Å². The van der Waals surface area contributed by atoms with Gasteiger partial charge in [-0.3, -0.25) is 0 Å². The number of rotatable bonds is 6. The largest absolute Gasteiger partial charge is 0.462 e. The molecule has 17 heavy (non-hydrogen) atoms. The molecule has 1 aromatic carbocycles. The normalized spacial score (nSPS) is 10.3. The van der Waals surface area contributed by atoms with Gasteiger partial charge in [-0.25, -0.2) is 4.79 Å². The van der Waals surface area contributed by atoms with Crippen LogP contribution in [0.3, 0.4) is 0 Å². The summed E-state index contributed by atoms with van der Waals surface area (Å²) in [5.74, 6) is -0.195. The molecular weight excluding hydrogens is 212 g/mol. The van der Waals surface area contributed by atoms with Gasteiger partial charge >= 0.3 is 5.97 Å². The summed E-state index contributed by atoms with van der Waals surface area (Å²) in [6.45, 7) is 6.56. The van der Waals surface area contributed by atoms with E-state index in [1.165, 1.54) is 5.56 Å². The van der Waals surface area contributed by atoms with Gasteiger partial charge in [0, 0.05) is 0 Å². The van der Waals surface area contributed by atoms with Gasteiger partial charge in [-0.1, -0.05) is 38.8 Å². The molecule has 0 fully saturated rings. The first kappa shape index (κ1) is 13.8. The van der Waals surface area contributed by atoms with Crippen LogP contribution < -0.4 is 0 Å². The molecule has 2 heteroatoms. The maximum Gasteiger partial charge on any atom is 0.338 e. The van der Waals surface area contributed by atoms with E-state index >= 15 is 0 Å². The van der Waals surface area contributed by atoms with Gasteiger partial charge in [-0.15, -0.1) is 0 Å². The Morgan fingerprint density at radius 3 is 2.41 bits per heavy atom. The summed E-state index contributed by atoms with van der Waals surface area (Å²) in [5, 5.41) is 0. The third-order valence-electron chi connectivity index (χ3n) is 2.72. The number of carbonyl (C=O) groups excluding carboxylic acids is 1. The minimum Gasteiger partial charge on any atom is -0.462 e. The van der Waals surface area contributed by atoms with Crippen LogP contribution in [-0.2, 0) is 17.6 Å². The minimum atomic E-state index is -0.195. The topological polar surface area (TPSA) is 26.3 Å². The zero-order valence-electron chi connectivity index (χ0n) is 11.1. The lowest BCUT2D eigenvalue weighted by Crippen LogP contribution is -2.08. The number of carbonyl (C=O) groups is 1. The van der Waals surface area contributed by atoms with Crippen molar-refractivity contribution in [1.29, 1.82) is 0 Å². The number of hydrogen-bond donors (Lipinski definition) is 0. The lowest BCUT2D eigenvalue weighted by molar-refractivity contribution is 0.0525. The lowest BCUT2D eigenvalue weighted by Gasteiger charge is -2.10. The first-order chi connectivity index (χ1) is 8.22. The molecule has 0 bridgehead atoms. The molecule has 0 aliphatic carbocycles. The van der Waals surface area contributed by atoms with Crippen molar-refractivity contribution in [3.8, 4) is 0 Å². The fourth-order valence-corrected chi connectivity index (χ4v) is 1.98. The average molecular weight is 234 g/mol. The van der Waals surface area contributed by atoms with E-state index in [0.29, 0.717) is 6.61 Å². The van der Waals surface area contributed by atoms with Crippen molar-refractivity contribution in [2.45, 2.75) is 46.5 Å². The predicted molar refractivity (Wildman–Crippen MR) is 70.4 cm³/mol.